The molecule has 0 atom stereocenters. The molecule has 14 heavy (non-hydrogen) atoms. The maximum absolute atomic E-state index is 5.73. The lowest BCUT2D eigenvalue weighted by Crippen LogP contribution is -2.02. The molecule has 1 aromatic heterocycles. The lowest BCUT2D eigenvalue weighted by Gasteiger charge is -2.06. The van der Waals surface area contributed by atoms with Crippen LogP contribution in [-0.4, -0.2) is 25.3 Å². The SMILES string of the molecule is COCCCOc1ncc(Cl)cc1Br. The largest absolute Gasteiger partial charge is 0.477 e. The number of ether oxygens (including phenoxy) is 2. The van der Waals surface area contributed by atoms with Gasteiger partial charge in [0.25, 0.3) is 0 Å². The molecule has 0 unspecified atom stereocenters. The molecule has 0 aliphatic heterocycles. The van der Waals surface area contributed by atoms with Gasteiger partial charge in [0, 0.05) is 26.3 Å². The molecule has 0 aromatic carbocycles. The number of hydrogen-bond acceptors (Lipinski definition) is 3. The highest BCUT2D eigenvalue weighted by atomic mass is 79.9. The zero-order valence-corrected chi connectivity index (χ0v) is 10.1. The van der Waals surface area contributed by atoms with Crippen LogP contribution in [0.5, 0.6) is 5.88 Å². The van der Waals surface area contributed by atoms with Gasteiger partial charge >= 0.3 is 0 Å². The summed E-state index contributed by atoms with van der Waals surface area (Å²) in [6.07, 6.45) is 2.39. The van der Waals surface area contributed by atoms with Gasteiger partial charge in [0.1, 0.15) is 0 Å². The Morgan fingerprint density at radius 3 is 2.93 bits per heavy atom. The fraction of sp³-hybridized carbons (Fsp3) is 0.444. The normalized spacial score (nSPS) is 10.2. The maximum Gasteiger partial charge on any atom is 0.228 e. The van der Waals surface area contributed by atoms with Crippen molar-refractivity contribution in [3.05, 3.63) is 21.8 Å². The fourth-order valence-electron chi connectivity index (χ4n) is 0.880. The van der Waals surface area contributed by atoms with Crippen LogP contribution in [0.4, 0.5) is 0 Å². The van der Waals surface area contributed by atoms with Crippen molar-refractivity contribution in [2.45, 2.75) is 6.42 Å². The van der Waals surface area contributed by atoms with E-state index in [1.807, 2.05) is 0 Å². The molecule has 0 saturated carbocycles. The minimum Gasteiger partial charge on any atom is -0.477 e. The van der Waals surface area contributed by atoms with Crippen molar-refractivity contribution in [2.24, 2.45) is 0 Å². The van der Waals surface area contributed by atoms with Crippen molar-refractivity contribution in [3.8, 4) is 5.88 Å². The number of halogens is 2. The second-order valence-electron chi connectivity index (χ2n) is 2.64. The molecule has 78 valence electrons. The van der Waals surface area contributed by atoms with E-state index < -0.39 is 0 Å². The van der Waals surface area contributed by atoms with Crippen molar-refractivity contribution in [2.75, 3.05) is 20.3 Å². The highest BCUT2D eigenvalue weighted by Crippen LogP contribution is 2.24. The van der Waals surface area contributed by atoms with Gasteiger partial charge in [0.05, 0.1) is 16.1 Å². The van der Waals surface area contributed by atoms with E-state index in [0.717, 1.165) is 10.9 Å². The standard InChI is InChI=1S/C9H11BrClNO2/c1-13-3-2-4-14-9-8(10)5-7(11)6-12-9/h5-6H,2-4H2,1H3. The summed E-state index contributed by atoms with van der Waals surface area (Å²) in [6.45, 7) is 1.27. The zero-order valence-electron chi connectivity index (χ0n) is 7.80. The third-order valence-corrected chi connectivity index (χ3v) is 2.28. The van der Waals surface area contributed by atoms with Gasteiger partial charge in [-0.1, -0.05) is 11.6 Å². The number of nitrogens with zero attached hydrogens (tertiary/aromatic N) is 1. The molecule has 0 bridgehead atoms. The van der Waals surface area contributed by atoms with Crippen LogP contribution < -0.4 is 4.74 Å². The molecule has 0 amide bonds. The van der Waals surface area contributed by atoms with Gasteiger partial charge in [-0.25, -0.2) is 4.98 Å². The van der Waals surface area contributed by atoms with Crippen LogP contribution in [0.1, 0.15) is 6.42 Å². The molecular formula is C9H11BrClNO2. The minimum absolute atomic E-state index is 0.561. The Labute approximate surface area is 96.5 Å². The van der Waals surface area contributed by atoms with Gasteiger partial charge in [-0.15, -0.1) is 0 Å². The van der Waals surface area contributed by atoms with Crippen molar-refractivity contribution in [3.63, 3.8) is 0 Å². The molecule has 5 heteroatoms. The smallest absolute Gasteiger partial charge is 0.228 e. The molecule has 1 rings (SSSR count). The predicted molar refractivity (Wildman–Crippen MR) is 58.9 cm³/mol. The Hall–Kier alpha value is -0.320. The number of aromatic nitrogens is 1. The number of rotatable bonds is 5. The van der Waals surface area contributed by atoms with Crippen LogP contribution in [0, 0.1) is 0 Å². The van der Waals surface area contributed by atoms with Crippen molar-refractivity contribution < 1.29 is 9.47 Å². The van der Waals surface area contributed by atoms with Crippen LogP contribution in [-0.2, 0) is 4.74 Å². The Morgan fingerprint density at radius 1 is 1.50 bits per heavy atom. The maximum atomic E-state index is 5.73. The second kappa shape index (κ2) is 6.22. The van der Waals surface area contributed by atoms with E-state index in [9.17, 15) is 0 Å². The Morgan fingerprint density at radius 2 is 2.29 bits per heavy atom. The molecule has 0 spiro atoms. The first-order valence-electron chi connectivity index (χ1n) is 4.17. The van der Waals surface area contributed by atoms with Gasteiger partial charge in [0.2, 0.25) is 5.88 Å². The van der Waals surface area contributed by atoms with Crippen molar-refractivity contribution >= 4 is 27.5 Å². The minimum atomic E-state index is 0.561. The first-order chi connectivity index (χ1) is 6.74. The van der Waals surface area contributed by atoms with Gasteiger partial charge in [-0.05, 0) is 22.0 Å². The van der Waals surface area contributed by atoms with Crippen LogP contribution in [0.3, 0.4) is 0 Å². The van der Waals surface area contributed by atoms with E-state index in [2.05, 4.69) is 20.9 Å². The molecule has 0 aliphatic carbocycles. The number of pyridine rings is 1. The van der Waals surface area contributed by atoms with Crippen molar-refractivity contribution in [1.82, 2.24) is 4.98 Å². The first-order valence-corrected chi connectivity index (χ1v) is 5.34. The summed E-state index contributed by atoms with van der Waals surface area (Å²) in [6, 6.07) is 1.75. The molecule has 0 aliphatic rings. The summed E-state index contributed by atoms with van der Waals surface area (Å²) in [7, 11) is 1.66. The van der Waals surface area contributed by atoms with Gasteiger partial charge in [0.15, 0.2) is 0 Å². The van der Waals surface area contributed by atoms with Gasteiger partial charge in [-0.2, -0.15) is 0 Å². The first kappa shape index (κ1) is 11.8. The fourth-order valence-corrected chi connectivity index (χ4v) is 1.63. The van der Waals surface area contributed by atoms with Gasteiger partial charge < -0.3 is 9.47 Å². The third-order valence-electron chi connectivity index (χ3n) is 1.51. The quantitative estimate of drug-likeness (QED) is 0.777. The van der Waals surface area contributed by atoms with E-state index in [-0.39, 0.29) is 0 Å². The summed E-state index contributed by atoms with van der Waals surface area (Å²) in [5.41, 5.74) is 0. The van der Waals surface area contributed by atoms with E-state index in [0.29, 0.717) is 24.1 Å². The van der Waals surface area contributed by atoms with Crippen LogP contribution in [0.25, 0.3) is 0 Å². The number of hydrogen-bond donors (Lipinski definition) is 0. The van der Waals surface area contributed by atoms with Crippen molar-refractivity contribution in [1.29, 1.82) is 0 Å². The Bertz CT molecular complexity index is 296. The molecule has 1 heterocycles. The average Bonchev–Trinajstić information content (AvgIpc) is 2.15. The van der Waals surface area contributed by atoms with Crippen LogP contribution >= 0.6 is 27.5 Å². The summed E-state index contributed by atoms with van der Waals surface area (Å²) in [5, 5.41) is 0.584. The Kier molecular flexibility index (Phi) is 5.22. The zero-order chi connectivity index (χ0) is 10.4. The molecule has 0 saturated heterocycles. The topological polar surface area (TPSA) is 31.4 Å². The van der Waals surface area contributed by atoms with Crippen LogP contribution in [0.2, 0.25) is 5.02 Å². The van der Waals surface area contributed by atoms with E-state index >= 15 is 0 Å². The highest BCUT2D eigenvalue weighted by Gasteiger charge is 2.02. The summed E-state index contributed by atoms with van der Waals surface area (Å²) in [4.78, 5) is 4.03. The summed E-state index contributed by atoms with van der Waals surface area (Å²) < 4.78 is 11.1. The van der Waals surface area contributed by atoms with E-state index in [4.69, 9.17) is 21.1 Å². The number of methoxy groups -OCH3 is 1. The average molecular weight is 281 g/mol. The molecule has 0 radical (unpaired) electrons. The van der Waals surface area contributed by atoms with E-state index in [1.165, 1.54) is 0 Å². The van der Waals surface area contributed by atoms with Crippen LogP contribution in [0.15, 0.2) is 16.7 Å². The molecule has 0 N–H and O–H groups in total. The molecular weight excluding hydrogens is 269 g/mol. The molecule has 0 fully saturated rings. The lowest BCUT2D eigenvalue weighted by molar-refractivity contribution is 0.170. The highest BCUT2D eigenvalue weighted by molar-refractivity contribution is 9.10. The predicted octanol–water partition coefficient (Wildman–Crippen LogP) is 2.91. The lowest BCUT2D eigenvalue weighted by atomic mass is 10.4. The molecule has 3 nitrogen and oxygen atoms in total. The Balaban J connectivity index is 2.42. The summed E-state index contributed by atoms with van der Waals surface area (Å²) >= 11 is 9.05. The monoisotopic (exact) mass is 279 g/mol. The van der Waals surface area contributed by atoms with Gasteiger partial charge in [-0.3, -0.25) is 0 Å². The van der Waals surface area contributed by atoms with E-state index in [1.54, 1.807) is 19.4 Å². The summed E-state index contributed by atoms with van der Waals surface area (Å²) in [5.74, 6) is 0.561. The third kappa shape index (κ3) is 3.82. The second-order valence-corrected chi connectivity index (χ2v) is 3.93. The molecule has 1 aromatic rings.